The SMILES string of the molecule is COc1cc(-c2noc(C(NC(=O)C3CCC3)C(C)C)n2)cc(OC)c1OC. The van der Waals surface area contributed by atoms with Crippen LogP contribution in [-0.2, 0) is 4.79 Å². The molecule has 0 radical (unpaired) electrons. The van der Waals surface area contributed by atoms with E-state index in [9.17, 15) is 4.79 Å². The van der Waals surface area contributed by atoms with Crippen LogP contribution in [0.5, 0.6) is 17.2 Å². The molecule has 8 heteroatoms. The molecule has 28 heavy (non-hydrogen) atoms. The Morgan fingerprint density at radius 3 is 2.25 bits per heavy atom. The molecule has 1 unspecified atom stereocenters. The van der Waals surface area contributed by atoms with Crippen molar-refractivity contribution in [3.05, 3.63) is 18.0 Å². The van der Waals surface area contributed by atoms with Crippen molar-refractivity contribution in [2.24, 2.45) is 11.8 Å². The van der Waals surface area contributed by atoms with Gasteiger partial charge in [-0.25, -0.2) is 0 Å². The minimum Gasteiger partial charge on any atom is -0.493 e. The quantitative estimate of drug-likeness (QED) is 0.739. The van der Waals surface area contributed by atoms with Crippen LogP contribution in [0.15, 0.2) is 16.7 Å². The van der Waals surface area contributed by atoms with Crippen LogP contribution in [0.2, 0.25) is 0 Å². The highest BCUT2D eigenvalue weighted by molar-refractivity contribution is 5.79. The second-order valence-electron chi connectivity index (χ2n) is 7.23. The van der Waals surface area contributed by atoms with Crippen LogP contribution >= 0.6 is 0 Å². The van der Waals surface area contributed by atoms with Gasteiger partial charge in [0, 0.05) is 11.5 Å². The predicted molar refractivity (Wildman–Crippen MR) is 102 cm³/mol. The monoisotopic (exact) mass is 389 g/mol. The number of nitrogens with one attached hydrogen (secondary N) is 1. The van der Waals surface area contributed by atoms with E-state index in [1.54, 1.807) is 33.5 Å². The second-order valence-corrected chi connectivity index (χ2v) is 7.23. The maximum Gasteiger partial charge on any atom is 0.249 e. The van der Waals surface area contributed by atoms with Crippen molar-refractivity contribution < 1.29 is 23.5 Å². The topological polar surface area (TPSA) is 95.7 Å². The van der Waals surface area contributed by atoms with Crippen molar-refractivity contribution in [2.75, 3.05) is 21.3 Å². The molecule has 1 heterocycles. The van der Waals surface area contributed by atoms with Gasteiger partial charge in [-0.15, -0.1) is 0 Å². The predicted octanol–water partition coefficient (Wildman–Crippen LogP) is 3.38. The summed E-state index contributed by atoms with van der Waals surface area (Å²) in [6, 6.07) is 3.18. The second kappa shape index (κ2) is 8.50. The molecular weight excluding hydrogens is 362 g/mol. The summed E-state index contributed by atoms with van der Waals surface area (Å²) >= 11 is 0. The van der Waals surface area contributed by atoms with Gasteiger partial charge in [-0.2, -0.15) is 4.98 Å². The van der Waals surface area contributed by atoms with Gasteiger partial charge in [0.1, 0.15) is 6.04 Å². The standard InChI is InChI=1S/C20H27N3O5/c1-11(2)16(21-19(24)12-7-6-8-12)20-22-18(23-28-20)13-9-14(25-3)17(27-5)15(10-13)26-4/h9-12,16H,6-8H2,1-5H3,(H,21,24). The lowest BCUT2D eigenvalue weighted by molar-refractivity contribution is -0.128. The van der Waals surface area contributed by atoms with E-state index in [0.717, 1.165) is 19.3 Å². The Hall–Kier alpha value is -2.77. The number of carbonyl (C=O) groups is 1. The number of rotatable bonds is 8. The molecule has 2 aromatic rings. The number of aromatic nitrogens is 2. The average Bonchev–Trinajstić information content (AvgIpc) is 3.12. The molecule has 1 saturated carbocycles. The molecule has 1 atom stereocenters. The van der Waals surface area contributed by atoms with Crippen molar-refractivity contribution >= 4 is 5.91 Å². The third-order valence-corrected chi connectivity index (χ3v) is 5.07. The van der Waals surface area contributed by atoms with Crippen LogP contribution in [0.1, 0.15) is 45.0 Å². The lowest BCUT2D eigenvalue weighted by Crippen LogP contribution is -2.38. The van der Waals surface area contributed by atoms with E-state index in [1.807, 2.05) is 13.8 Å². The van der Waals surface area contributed by atoms with Crippen molar-refractivity contribution in [1.82, 2.24) is 15.5 Å². The van der Waals surface area contributed by atoms with Crippen LogP contribution in [0, 0.1) is 11.8 Å². The number of hydrogen-bond acceptors (Lipinski definition) is 7. The van der Waals surface area contributed by atoms with E-state index in [1.165, 1.54) is 0 Å². The Labute approximate surface area is 164 Å². The first-order valence-corrected chi connectivity index (χ1v) is 9.42. The number of ether oxygens (including phenoxy) is 3. The van der Waals surface area contributed by atoms with Crippen molar-refractivity contribution in [3.8, 4) is 28.6 Å². The Morgan fingerprint density at radius 2 is 1.79 bits per heavy atom. The zero-order valence-corrected chi connectivity index (χ0v) is 16.9. The maximum atomic E-state index is 12.4. The van der Waals surface area contributed by atoms with Gasteiger partial charge in [0.2, 0.25) is 23.4 Å². The van der Waals surface area contributed by atoms with E-state index in [4.69, 9.17) is 18.7 Å². The fraction of sp³-hybridized carbons (Fsp3) is 0.550. The highest BCUT2D eigenvalue weighted by Gasteiger charge is 2.31. The molecule has 8 nitrogen and oxygen atoms in total. The summed E-state index contributed by atoms with van der Waals surface area (Å²) in [5.74, 6) is 2.52. The number of amides is 1. The third kappa shape index (κ3) is 3.90. The van der Waals surface area contributed by atoms with Gasteiger partial charge in [-0.05, 0) is 30.9 Å². The van der Waals surface area contributed by atoms with Crippen molar-refractivity contribution in [1.29, 1.82) is 0 Å². The van der Waals surface area contributed by atoms with E-state index < -0.39 is 0 Å². The first-order valence-electron chi connectivity index (χ1n) is 9.42. The summed E-state index contributed by atoms with van der Waals surface area (Å²) in [5.41, 5.74) is 0.664. The van der Waals surface area contributed by atoms with Gasteiger partial charge >= 0.3 is 0 Å². The van der Waals surface area contributed by atoms with Crippen LogP contribution in [0.3, 0.4) is 0 Å². The smallest absolute Gasteiger partial charge is 0.249 e. The van der Waals surface area contributed by atoms with Crippen molar-refractivity contribution in [3.63, 3.8) is 0 Å². The molecule has 0 aliphatic heterocycles. The maximum absolute atomic E-state index is 12.4. The summed E-state index contributed by atoms with van der Waals surface area (Å²) in [5, 5.41) is 7.15. The van der Waals surface area contributed by atoms with E-state index in [0.29, 0.717) is 34.5 Å². The minimum atomic E-state index is -0.337. The zero-order valence-electron chi connectivity index (χ0n) is 16.9. The summed E-state index contributed by atoms with van der Waals surface area (Å²) in [6.45, 7) is 4.02. The van der Waals surface area contributed by atoms with E-state index in [-0.39, 0.29) is 23.8 Å². The molecule has 1 aromatic heterocycles. The number of benzene rings is 1. The lowest BCUT2D eigenvalue weighted by atomic mass is 9.84. The molecule has 0 saturated heterocycles. The van der Waals surface area contributed by atoms with E-state index >= 15 is 0 Å². The van der Waals surface area contributed by atoms with Crippen molar-refractivity contribution in [2.45, 2.75) is 39.2 Å². The van der Waals surface area contributed by atoms with Gasteiger partial charge in [-0.1, -0.05) is 25.4 Å². The van der Waals surface area contributed by atoms with Crippen LogP contribution in [-0.4, -0.2) is 37.4 Å². The number of nitrogens with zero attached hydrogens (tertiary/aromatic N) is 2. The largest absolute Gasteiger partial charge is 0.493 e. The zero-order chi connectivity index (χ0) is 20.3. The molecule has 1 aliphatic carbocycles. The third-order valence-electron chi connectivity index (χ3n) is 5.07. The molecule has 3 rings (SSSR count). The minimum absolute atomic E-state index is 0.0532. The molecule has 1 amide bonds. The summed E-state index contributed by atoms with van der Waals surface area (Å²) < 4.78 is 21.6. The van der Waals surface area contributed by atoms with Crippen LogP contribution in [0.25, 0.3) is 11.4 Å². The van der Waals surface area contributed by atoms with Gasteiger partial charge in [0.25, 0.3) is 0 Å². The summed E-state index contributed by atoms with van der Waals surface area (Å²) in [7, 11) is 4.64. The number of carbonyl (C=O) groups excluding carboxylic acids is 1. The fourth-order valence-electron chi connectivity index (χ4n) is 3.14. The molecule has 1 fully saturated rings. The van der Waals surface area contributed by atoms with Gasteiger partial charge in [0.05, 0.1) is 21.3 Å². The van der Waals surface area contributed by atoms with E-state index in [2.05, 4.69) is 15.5 Å². The normalized spacial score (nSPS) is 15.1. The molecule has 0 spiro atoms. The highest BCUT2D eigenvalue weighted by Crippen LogP contribution is 2.40. The fourth-order valence-corrected chi connectivity index (χ4v) is 3.14. The van der Waals surface area contributed by atoms with Gasteiger partial charge in [-0.3, -0.25) is 4.79 Å². The van der Waals surface area contributed by atoms with Gasteiger partial charge in [0.15, 0.2) is 11.5 Å². The molecule has 0 bridgehead atoms. The van der Waals surface area contributed by atoms with Crippen LogP contribution in [0.4, 0.5) is 0 Å². The average molecular weight is 389 g/mol. The first-order chi connectivity index (χ1) is 13.5. The first kappa shape index (κ1) is 20.0. The Morgan fingerprint density at radius 1 is 1.14 bits per heavy atom. The Balaban J connectivity index is 1.88. The Bertz CT molecular complexity index is 804. The molecule has 1 aliphatic rings. The highest BCUT2D eigenvalue weighted by atomic mass is 16.5. The van der Waals surface area contributed by atoms with Crippen LogP contribution < -0.4 is 19.5 Å². The van der Waals surface area contributed by atoms with Gasteiger partial charge < -0.3 is 24.1 Å². The summed E-state index contributed by atoms with van der Waals surface area (Å²) in [4.78, 5) is 16.9. The molecule has 1 aromatic carbocycles. The molecule has 1 N–H and O–H groups in total. The summed E-state index contributed by atoms with van der Waals surface area (Å²) in [6.07, 6.45) is 2.99. The Kier molecular flexibility index (Phi) is 6.06. The molecule has 152 valence electrons. The lowest BCUT2D eigenvalue weighted by Gasteiger charge is -2.27. The number of methoxy groups -OCH3 is 3. The molecular formula is C20H27N3O5. The number of hydrogen-bond donors (Lipinski definition) is 1.